The summed E-state index contributed by atoms with van der Waals surface area (Å²) >= 11 is 0. The van der Waals surface area contributed by atoms with Crippen molar-refractivity contribution in [2.24, 2.45) is 0 Å². The van der Waals surface area contributed by atoms with Gasteiger partial charge in [-0.1, -0.05) is 18.2 Å². The predicted octanol–water partition coefficient (Wildman–Crippen LogP) is 2.43. The van der Waals surface area contributed by atoms with E-state index in [0.717, 1.165) is 13.1 Å². The Morgan fingerprint density at radius 3 is 2.78 bits per heavy atom. The Hall–Kier alpha value is -2.23. The molecular weight excluding hydrogens is 224 g/mol. The maximum absolute atomic E-state index is 5.65. The highest BCUT2D eigenvalue weighted by Crippen LogP contribution is 2.20. The van der Waals surface area contributed by atoms with Gasteiger partial charge in [0.1, 0.15) is 0 Å². The summed E-state index contributed by atoms with van der Waals surface area (Å²) in [6.45, 7) is 3.87. The Balaban J connectivity index is 1.86. The average Bonchev–Trinajstić information content (AvgIpc) is 2.92. The minimum Gasteiger partial charge on any atom is -0.396 e. The Morgan fingerprint density at radius 1 is 1.17 bits per heavy atom. The molecule has 92 valence electrons. The standard InChI is InChI=1S/C14H16N4/c1-11-9-17(14-5-3-2-4-13(11)14)6-7-18-10-12(15)8-16-18/h2-5,8-10H,6-7,15H2,1H3. The molecule has 1 aromatic carbocycles. The number of nitrogens with two attached hydrogens (primary N) is 1. The van der Waals surface area contributed by atoms with Gasteiger partial charge in [0.05, 0.1) is 18.4 Å². The van der Waals surface area contributed by atoms with Crippen LogP contribution in [0.1, 0.15) is 5.56 Å². The summed E-state index contributed by atoms with van der Waals surface area (Å²) in [5, 5.41) is 5.51. The van der Waals surface area contributed by atoms with Crippen LogP contribution in [0.15, 0.2) is 42.9 Å². The molecule has 0 aliphatic heterocycles. The van der Waals surface area contributed by atoms with Crippen LogP contribution in [-0.4, -0.2) is 14.3 Å². The topological polar surface area (TPSA) is 48.8 Å². The first kappa shape index (κ1) is 10.9. The monoisotopic (exact) mass is 240 g/mol. The molecule has 0 radical (unpaired) electrons. The molecule has 0 saturated carbocycles. The van der Waals surface area contributed by atoms with Crippen molar-refractivity contribution >= 4 is 16.6 Å². The van der Waals surface area contributed by atoms with Gasteiger partial charge in [-0.15, -0.1) is 0 Å². The molecule has 4 nitrogen and oxygen atoms in total. The third kappa shape index (κ3) is 1.86. The minimum atomic E-state index is 0.712. The zero-order valence-corrected chi connectivity index (χ0v) is 10.4. The predicted molar refractivity (Wildman–Crippen MR) is 73.3 cm³/mol. The van der Waals surface area contributed by atoms with Gasteiger partial charge in [0.2, 0.25) is 0 Å². The third-order valence-corrected chi connectivity index (χ3v) is 3.21. The van der Waals surface area contributed by atoms with E-state index >= 15 is 0 Å². The van der Waals surface area contributed by atoms with Crippen LogP contribution >= 0.6 is 0 Å². The number of nitrogens with zero attached hydrogens (tertiary/aromatic N) is 3. The first-order chi connectivity index (χ1) is 8.74. The van der Waals surface area contributed by atoms with Gasteiger partial charge >= 0.3 is 0 Å². The molecule has 0 amide bonds. The number of para-hydroxylation sites is 1. The molecule has 2 N–H and O–H groups in total. The summed E-state index contributed by atoms with van der Waals surface area (Å²) in [6, 6.07) is 8.46. The van der Waals surface area contributed by atoms with Crippen molar-refractivity contribution in [1.29, 1.82) is 0 Å². The van der Waals surface area contributed by atoms with Crippen molar-refractivity contribution in [2.75, 3.05) is 5.73 Å². The second kappa shape index (κ2) is 4.22. The molecule has 4 heteroatoms. The number of benzene rings is 1. The molecule has 3 aromatic rings. The lowest BCUT2D eigenvalue weighted by molar-refractivity contribution is 0.542. The minimum absolute atomic E-state index is 0.712. The van der Waals surface area contributed by atoms with Crippen LogP contribution in [0.2, 0.25) is 0 Å². The first-order valence-corrected chi connectivity index (χ1v) is 6.06. The van der Waals surface area contributed by atoms with Crippen LogP contribution in [-0.2, 0) is 13.1 Å². The van der Waals surface area contributed by atoms with Gasteiger partial charge in [-0.05, 0) is 18.6 Å². The summed E-state index contributed by atoms with van der Waals surface area (Å²) in [6.07, 6.45) is 5.73. The van der Waals surface area contributed by atoms with E-state index in [-0.39, 0.29) is 0 Å². The van der Waals surface area contributed by atoms with Crippen LogP contribution in [0.5, 0.6) is 0 Å². The van der Waals surface area contributed by atoms with E-state index in [0.29, 0.717) is 5.69 Å². The Labute approximate surface area is 106 Å². The number of hydrogen-bond acceptors (Lipinski definition) is 2. The van der Waals surface area contributed by atoms with Gasteiger partial charge in [0.15, 0.2) is 0 Å². The molecule has 2 aromatic heterocycles. The lowest BCUT2D eigenvalue weighted by Crippen LogP contribution is -2.06. The second-order valence-electron chi connectivity index (χ2n) is 4.56. The van der Waals surface area contributed by atoms with E-state index in [2.05, 4.69) is 47.1 Å². The number of rotatable bonds is 3. The fourth-order valence-corrected chi connectivity index (χ4v) is 2.33. The Morgan fingerprint density at radius 2 is 2.00 bits per heavy atom. The van der Waals surface area contributed by atoms with Crippen LogP contribution in [0.25, 0.3) is 10.9 Å². The third-order valence-electron chi connectivity index (χ3n) is 3.21. The van der Waals surface area contributed by atoms with Crippen LogP contribution in [0, 0.1) is 6.92 Å². The fourth-order valence-electron chi connectivity index (χ4n) is 2.33. The molecule has 0 fully saturated rings. The molecule has 0 bridgehead atoms. The second-order valence-corrected chi connectivity index (χ2v) is 4.56. The summed E-state index contributed by atoms with van der Waals surface area (Å²) in [4.78, 5) is 0. The number of aromatic nitrogens is 3. The van der Waals surface area contributed by atoms with E-state index in [4.69, 9.17) is 5.73 Å². The molecule has 0 aliphatic rings. The number of anilines is 1. The number of nitrogen functional groups attached to an aromatic ring is 1. The molecule has 18 heavy (non-hydrogen) atoms. The average molecular weight is 240 g/mol. The van der Waals surface area contributed by atoms with Gasteiger partial charge < -0.3 is 10.3 Å². The van der Waals surface area contributed by atoms with Crippen LogP contribution < -0.4 is 5.73 Å². The number of fused-ring (bicyclic) bond motifs is 1. The van der Waals surface area contributed by atoms with E-state index in [1.165, 1.54) is 16.5 Å². The zero-order chi connectivity index (χ0) is 12.5. The zero-order valence-electron chi connectivity index (χ0n) is 10.4. The van der Waals surface area contributed by atoms with Crippen LogP contribution in [0.4, 0.5) is 5.69 Å². The van der Waals surface area contributed by atoms with E-state index in [1.54, 1.807) is 6.20 Å². The number of aryl methyl sites for hydroxylation is 3. The summed E-state index contributed by atoms with van der Waals surface area (Å²) in [5.41, 5.74) is 8.95. The highest BCUT2D eigenvalue weighted by atomic mass is 15.3. The molecular formula is C14H16N4. The van der Waals surface area contributed by atoms with Crippen molar-refractivity contribution in [1.82, 2.24) is 14.3 Å². The van der Waals surface area contributed by atoms with Crippen molar-refractivity contribution in [3.8, 4) is 0 Å². The highest BCUT2D eigenvalue weighted by Gasteiger charge is 2.04. The molecule has 0 aliphatic carbocycles. The summed E-state index contributed by atoms with van der Waals surface area (Å²) < 4.78 is 4.14. The van der Waals surface area contributed by atoms with Crippen molar-refractivity contribution in [2.45, 2.75) is 20.0 Å². The van der Waals surface area contributed by atoms with E-state index in [1.807, 2.05) is 10.9 Å². The summed E-state index contributed by atoms with van der Waals surface area (Å²) in [5.74, 6) is 0. The maximum Gasteiger partial charge on any atom is 0.0719 e. The number of hydrogen-bond donors (Lipinski definition) is 1. The normalized spacial score (nSPS) is 11.2. The van der Waals surface area contributed by atoms with Crippen molar-refractivity contribution in [3.05, 3.63) is 48.4 Å². The SMILES string of the molecule is Cc1cn(CCn2cc(N)cn2)c2ccccc12. The van der Waals surface area contributed by atoms with Gasteiger partial charge in [-0.25, -0.2) is 0 Å². The van der Waals surface area contributed by atoms with E-state index in [9.17, 15) is 0 Å². The van der Waals surface area contributed by atoms with E-state index < -0.39 is 0 Å². The molecule has 2 heterocycles. The summed E-state index contributed by atoms with van der Waals surface area (Å²) in [7, 11) is 0. The molecule has 0 saturated heterocycles. The highest BCUT2D eigenvalue weighted by molar-refractivity contribution is 5.83. The van der Waals surface area contributed by atoms with Crippen molar-refractivity contribution in [3.63, 3.8) is 0 Å². The quantitative estimate of drug-likeness (QED) is 0.764. The fraction of sp³-hybridized carbons (Fsp3) is 0.214. The van der Waals surface area contributed by atoms with Crippen molar-refractivity contribution < 1.29 is 0 Å². The van der Waals surface area contributed by atoms with Gasteiger partial charge in [-0.3, -0.25) is 4.68 Å². The molecule has 0 unspecified atom stereocenters. The molecule has 3 rings (SSSR count). The van der Waals surface area contributed by atoms with Crippen LogP contribution in [0.3, 0.4) is 0 Å². The smallest absolute Gasteiger partial charge is 0.0719 e. The van der Waals surface area contributed by atoms with Gasteiger partial charge in [0.25, 0.3) is 0 Å². The molecule has 0 atom stereocenters. The lowest BCUT2D eigenvalue weighted by atomic mass is 10.2. The molecule has 0 spiro atoms. The lowest BCUT2D eigenvalue weighted by Gasteiger charge is -2.05. The van der Waals surface area contributed by atoms with Gasteiger partial charge in [-0.2, -0.15) is 5.10 Å². The first-order valence-electron chi connectivity index (χ1n) is 6.06. The Kier molecular flexibility index (Phi) is 2.55. The maximum atomic E-state index is 5.65. The van der Waals surface area contributed by atoms with Gasteiger partial charge in [0, 0.05) is 29.8 Å². The largest absolute Gasteiger partial charge is 0.396 e. The Bertz CT molecular complexity index is 678.